The first-order valence-electron chi connectivity index (χ1n) is 9.86. The van der Waals surface area contributed by atoms with E-state index in [-0.39, 0.29) is 5.54 Å². The fraction of sp³-hybridized carbons (Fsp3) is 0.476. The number of carbonyl (C=O) groups is 1. The number of hydrogen-bond acceptors (Lipinski definition) is 4. The monoisotopic (exact) mass is 401 g/mol. The molecular formula is C21H27N3O3S. The second-order valence-electron chi connectivity index (χ2n) is 8.21. The summed E-state index contributed by atoms with van der Waals surface area (Å²) in [5.41, 5.74) is 5.06. The Balaban J connectivity index is 1.50. The number of fused-ring (bicyclic) bond motifs is 2. The molecule has 0 saturated carbocycles. The van der Waals surface area contributed by atoms with Gasteiger partial charge in [-0.1, -0.05) is 24.3 Å². The minimum atomic E-state index is -3.87. The van der Waals surface area contributed by atoms with Crippen molar-refractivity contribution >= 4 is 27.8 Å². The normalized spacial score (nSPS) is 23.9. The topological polar surface area (TPSA) is 78.5 Å². The van der Waals surface area contributed by atoms with Crippen LogP contribution in [0, 0.1) is 0 Å². The number of anilines is 1. The molecule has 1 aliphatic heterocycles. The van der Waals surface area contributed by atoms with Gasteiger partial charge in [-0.25, -0.2) is 17.9 Å². The smallest absolute Gasteiger partial charge is 0.306 e. The molecule has 1 fully saturated rings. The number of carbonyl (C=O) groups excluding carboxylic acids is 1. The molecule has 1 saturated heterocycles. The van der Waals surface area contributed by atoms with E-state index in [4.69, 9.17) is 0 Å². The SMILES string of the molecule is CN1CCC[C@]1(C)/C=C/S(=O)(=O)NC(=O)Nc1c2c(cc3c1CCC3)CC=C2. The first kappa shape index (κ1) is 19.2. The van der Waals surface area contributed by atoms with Gasteiger partial charge in [-0.05, 0) is 75.7 Å². The van der Waals surface area contributed by atoms with E-state index in [9.17, 15) is 13.2 Å². The van der Waals surface area contributed by atoms with E-state index in [0.717, 1.165) is 67.3 Å². The number of urea groups is 1. The lowest BCUT2D eigenvalue weighted by molar-refractivity contribution is 0.251. The van der Waals surface area contributed by atoms with E-state index in [1.54, 1.807) is 6.08 Å². The molecule has 1 atom stereocenters. The summed E-state index contributed by atoms with van der Waals surface area (Å²) in [7, 11) is -1.89. The average molecular weight is 402 g/mol. The second-order valence-corrected chi connectivity index (χ2v) is 9.77. The highest BCUT2D eigenvalue weighted by molar-refractivity contribution is 7.92. The first-order chi connectivity index (χ1) is 13.3. The summed E-state index contributed by atoms with van der Waals surface area (Å²) in [5, 5.41) is 3.94. The summed E-state index contributed by atoms with van der Waals surface area (Å²) >= 11 is 0. The number of aryl methyl sites for hydroxylation is 1. The molecule has 2 N–H and O–H groups in total. The molecule has 1 heterocycles. The number of amides is 2. The Kier molecular flexibility index (Phi) is 4.83. The van der Waals surface area contributed by atoms with Crippen LogP contribution >= 0.6 is 0 Å². The van der Waals surface area contributed by atoms with Gasteiger partial charge in [-0.3, -0.25) is 4.90 Å². The Hall–Kier alpha value is -2.12. The molecule has 1 aromatic rings. The lowest BCUT2D eigenvalue weighted by atomic mass is 9.98. The molecule has 0 aromatic heterocycles. The Labute approximate surface area is 166 Å². The van der Waals surface area contributed by atoms with E-state index in [1.165, 1.54) is 11.1 Å². The molecule has 0 spiro atoms. The van der Waals surface area contributed by atoms with Crippen LogP contribution in [0.25, 0.3) is 6.08 Å². The fourth-order valence-electron chi connectivity index (χ4n) is 4.50. The summed E-state index contributed by atoms with van der Waals surface area (Å²) in [6.45, 7) is 2.95. The predicted molar refractivity (Wildman–Crippen MR) is 112 cm³/mol. The van der Waals surface area contributed by atoms with Crippen molar-refractivity contribution < 1.29 is 13.2 Å². The van der Waals surface area contributed by atoms with E-state index in [0.29, 0.717) is 0 Å². The first-order valence-corrected chi connectivity index (χ1v) is 11.4. The average Bonchev–Trinajstić information content (AvgIpc) is 3.34. The van der Waals surface area contributed by atoms with Crippen LogP contribution in [0.15, 0.2) is 23.6 Å². The van der Waals surface area contributed by atoms with Crippen molar-refractivity contribution in [1.29, 1.82) is 0 Å². The van der Waals surface area contributed by atoms with Crippen molar-refractivity contribution in [3.63, 3.8) is 0 Å². The third kappa shape index (κ3) is 3.61. The largest absolute Gasteiger partial charge is 0.333 e. The highest BCUT2D eigenvalue weighted by atomic mass is 32.2. The Morgan fingerprint density at radius 1 is 1.25 bits per heavy atom. The lowest BCUT2D eigenvalue weighted by Crippen LogP contribution is -2.37. The quantitative estimate of drug-likeness (QED) is 0.812. The van der Waals surface area contributed by atoms with Gasteiger partial charge in [0.15, 0.2) is 0 Å². The number of allylic oxidation sites excluding steroid dienone is 1. The summed E-state index contributed by atoms with van der Waals surface area (Å²) in [6.07, 6.45) is 11.5. The Morgan fingerprint density at radius 2 is 2.07 bits per heavy atom. The van der Waals surface area contributed by atoms with Crippen molar-refractivity contribution in [2.45, 2.75) is 51.0 Å². The maximum atomic E-state index is 12.5. The molecule has 0 radical (unpaired) electrons. The zero-order valence-corrected chi connectivity index (χ0v) is 17.2. The van der Waals surface area contributed by atoms with Gasteiger partial charge in [0.05, 0.1) is 5.69 Å². The zero-order valence-electron chi connectivity index (χ0n) is 16.4. The molecule has 4 rings (SSSR count). The number of nitrogens with one attached hydrogen (secondary N) is 2. The van der Waals surface area contributed by atoms with Crippen molar-refractivity contribution in [1.82, 2.24) is 9.62 Å². The van der Waals surface area contributed by atoms with Gasteiger partial charge in [0.2, 0.25) is 0 Å². The number of hydrogen-bond donors (Lipinski definition) is 2. The van der Waals surface area contributed by atoms with Gasteiger partial charge in [-0.2, -0.15) is 0 Å². The molecule has 28 heavy (non-hydrogen) atoms. The van der Waals surface area contributed by atoms with Gasteiger partial charge < -0.3 is 5.32 Å². The van der Waals surface area contributed by atoms with Crippen LogP contribution < -0.4 is 10.0 Å². The van der Waals surface area contributed by atoms with Crippen LogP contribution in [-0.4, -0.2) is 38.5 Å². The number of benzene rings is 1. The van der Waals surface area contributed by atoms with Crippen molar-refractivity contribution in [2.24, 2.45) is 0 Å². The van der Waals surface area contributed by atoms with Crippen molar-refractivity contribution in [3.05, 3.63) is 45.9 Å². The van der Waals surface area contributed by atoms with Gasteiger partial charge >= 0.3 is 6.03 Å². The van der Waals surface area contributed by atoms with Crippen LogP contribution in [0.4, 0.5) is 10.5 Å². The molecule has 150 valence electrons. The lowest BCUT2D eigenvalue weighted by Gasteiger charge is -2.28. The second kappa shape index (κ2) is 7.04. The molecule has 2 amide bonds. The van der Waals surface area contributed by atoms with Gasteiger partial charge in [0, 0.05) is 16.5 Å². The maximum absolute atomic E-state index is 12.5. The van der Waals surface area contributed by atoms with Gasteiger partial charge in [0.25, 0.3) is 10.0 Å². The number of sulfonamides is 1. The Morgan fingerprint density at radius 3 is 2.82 bits per heavy atom. The van der Waals surface area contributed by atoms with Crippen LogP contribution in [-0.2, 0) is 29.3 Å². The molecular weight excluding hydrogens is 374 g/mol. The molecule has 6 nitrogen and oxygen atoms in total. The van der Waals surface area contributed by atoms with Crippen molar-refractivity contribution in [2.75, 3.05) is 18.9 Å². The minimum absolute atomic E-state index is 0.295. The maximum Gasteiger partial charge on any atom is 0.333 e. The van der Waals surface area contributed by atoms with E-state index < -0.39 is 16.1 Å². The van der Waals surface area contributed by atoms with E-state index >= 15 is 0 Å². The standard InChI is InChI=1S/C21H27N3O3S/c1-21(10-5-12-24(21)2)11-13-28(26,27)23-20(25)22-19-17-8-3-6-15(17)14-16-7-4-9-18(16)19/h3,8,11,13-14H,4-7,9-10,12H2,1-2H3,(H2,22,23,25)/b13-11+/t21-/m1/s1. The molecule has 0 unspecified atom stereocenters. The molecule has 2 aliphatic carbocycles. The third-order valence-corrected chi connectivity index (χ3v) is 7.24. The highest BCUT2D eigenvalue weighted by Gasteiger charge is 2.32. The Bertz CT molecular complexity index is 980. The van der Waals surface area contributed by atoms with E-state index in [2.05, 4.69) is 27.1 Å². The summed E-state index contributed by atoms with van der Waals surface area (Å²) in [6, 6.07) is 1.51. The molecule has 1 aromatic carbocycles. The van der Waals surface area contributed by atoms with Crippen LogP contribution in [0.2, 0.25) is 0 Å². The fourth-order valence-corrected chi connectivity index (χ4v) is 5.35. The summed E-state index contributed by atoms with van der Waals surface area (Å²) < 4.78 is 27.0. The van der Waals surface area contributed by atoms with Gasteiger partial charge in [-0.15, -0.1) is 0 Å². The number of likely N-dealkylation sites (tertiary alicyclic amines) is 1. The minimum Gasteiger partial charge on any atom is -0.306 e. The van der Waals surface area contributed by atoms with Crippen LogP contribution in [0.1, 0.15) is 48.4 Å². The zero-order chi connectivity index (χ0) is 19.9. The number of rotatable bonds is 4. The van der Waals surface area contributed by atoms with Crippen LogP contribution in [0.5, 0.6) is 0 Å². The molecule has 3 aliphatic rings. The van der Waals surface area contributed by atoms with Crippen molar-refractivity contribution in [3.8, 4) is 0 Å². The van der Waals surface area contributed by atoms with Crippen LogP contribution in [0.3, 0.4) is 0 Å². The van der Waals surface area contributed by atoms with E-state index in [1.807, 2.05) is 20.0 Å². The number of likely N-dealkylation sites (N-methyl/N-ethyl adjacent to an activating group) is 1. The summed E-state index contributed by atoms with van der Waals surface area (Å²) in [5.74, 6) is 0. The third-order valence-electron chi connectivity index (χ3n) is 6.28. The predicted octanol–water partition coefficient (Wildman–Crippen LogP) is 3.19. The highest BCUT2D eigenvalue weighted by Crippen LogP contribution is 2.37. The molecule has 7 heteroatoms. The van der Waals surface area contributed by atoms with Gasteiger partial charge in [0.1, 0.15) is 0 Å². The molecule has 0 bridgehead atoms. The summed E-state index contributed by atoms with van der Waals surface area (Å²) in [4.78, 5) is 14.6. The number of nitrogens with zero attached hydrogens (tertiary/aromatic N) is 1.